The number of hydrogen-bond acceptors (Lipinski definition) is 4. The third kappa shape index (κ3) is 3.07. The Morgan fingerprint density at radius 2 is 1.55 bits per heavy atom. The minimum Gasteiger partial charge on any atom is -0.422 e. The topological polar surface area (TPSA) is 72.2 Å². The van der Waals surface area contributed by atoms with Crippen LogP contribution in [-0.4, -0.2) is 10.9 Å². The van der Waals surface area contributed by atoms with Gasteiger partial charge in [0.1, 0.15) is 11.1 Å². The maximum Gasteiger partial charge on any atom is 0.349 e. The third-order valence-electron chi connectivity index (χ3n) is 4.77. The average Bonchev–Trinajstić information content (AvgIpc) is 2.73. The van der Waals surface area contributed by atoms with Crippen molar-refractivity contribution in [2.24, 2.45) is 0 Å². The number of carbonyl (C=O) groups excluding carboxylic acids is 1. The lowest BCUT2D eigenvalue weighted by atomic mass is 10.1. The molecular weight excluding hydrogens is 432 g/mol. The molecule has 140 valence electrons. The van der Waals surface area contributed by atoms with E-state index in [2.05, 4.69) is 26.2 Å². The van der Waals surface area contributed by atoms with Crippen molar-refractivity contribution < 1.29 is 9.21 Å². The molecule has 3 aromatic carbocycles. The number of anilines is 1. The van der Waals surface area contributed by atoms with Gasteiger partial charge in [0.2, 0.25) is 0 Å². The van der Waals surface area contributed by atoms with Gasteiger partial charge in [0.15, 0.2) is 0 Å². The number of benzene rings is 3. The van der Waals surface area contributed by atoms with E-state index in [1.807, 2.05) is 48.5 Å². The van der Waals surface area contributed by atoms with Crippen molar-refractivity contribution in [2.75, 3.05) is 5.32 Å². The Morgan fingerprint density at radius 1 is 0.897 bits per heavy atom. The van der Waals surface area contributed by atoms with Crippen LogP contribution in [0.2, 0.25) is 0 Å². The smallest absolute Gasteiger partial charge is 0.349 e. The van der Waals surface area contributed by atoms with Crippen molar-refractivity contribution in [3.63, 3.8) is 0 Å². The van der Waals surface area contributed by atoms with Crippen LogP contribution in [0.5, 0.6) is 0 Å². The standard InChI is InChI=1S/C23H13BrN2O3/c24-14-9-10-20-13(11-14)12-17(23(28)29-20)22(27)26-21-15-5-1-3-7-18(15)25-19-8-4-2-6-16(19)21/h1-12H,(H,25,26,27). The number of nitrogens with one attached hydrogen (secondary N) is 1. The molecule has 2 heterocycles. The number of fused-ring (bicyclic) bond motifs is 3. The summed E-state index contributed by atoms with van der Waals surface area (Å²) in [7, 11) is 0. The Morgan fingerprint density at radius 3 is 2.24 bits per heavy atom. The molecule has 0 atom stereocenters. The molecule has 5 rings (SSSR count). The summed E-state index contributed by atoms with van der Waals surface area (Å²) in [6.45, 7) is 0. The molecule has 0 aliphatic rings. The average molecular weight is 445 g/mol. The monoisotopic (exact) mass is 444 g/mol. The normalized spacial score (nSPS) is 11.2. The molecule has 0 saturated heterocycles. The minimum atomic E-state index is -0.681. The number of amides is 1. The van der Waals surface area contributed by atoms with Crippen LogP contribution in [0, 0.1) is 0 Å². The van der Waals surface area contributed by atoms with Gasteiger partial charge in [0.25, 0.3) is 5.91 Å². The van der Waals surface area contributed by atoms with Gasteiger partial charge >= 0.3 is 5.63 Å². The molecular formula is C23H13BrN2O3. The van der Waals surface area contributed by atoms with Gasteiger partial charge in [0.05, 0.1) is 16.7 Å². The molecule has 6 heteroatoms. The highest BCUT2D eigenvalue weighted by molar-refractivity contribution is 9.10. The Labute approximate surface area is 173 Å². The van der Waals surface area contributed by atoms with Gasteiger partial charge in [-0.2, -0.15) is 0 Å². The molecule has 1 amide bonds. The van der Waals surface area contributed by atoms with Gasteiger partial charge in [-0.25, -0.2) is 9.78 Å². The lowest BCUT2D eigenvalue weighted by Crippen LogP contribution is -2.21. The first-order valence-corrected chi connectivity index (χ1v) is 9.72. The number of aromatic nitrogens is 1. The molecule has 29 heavy (non-hydrogen) atoms. The first-order chi connectivity index (χ1) is 14.1. The number of para-hydroxylation sites is 2. The molecule has 1 N–H and O–H groups in total. The number of carbonyl (C=O) groups is 1. The van der Waals surface area contributed by atoms with E-state index in [1.54, 1.807) is 24.3 Å². The predicted molar refractivity (Wildman–Crippen MR) is 117 cm³/mol. The van der Waals surface area contributed by atoms with Crippen molar-refractivity contribution in [1.29, 1.82) is 0 Å². The summed E-state index contributed by atoms with van der Waals surface area (Å²) in [6.07, 6.45) is 0. The van der Waals surface area contributed by atoms with Crippen molar-refractivity contribution in [2.45, 2.75) is 0 Å². The number of nitrogens with zero attached hydrogens (tertiary/aromatic N) is 1. The Balaban J connectivity index is 1.67. The maximum atomic E-state index is 13.0. The molecule has 0 aliphatic carbocycles. The van der Waals surface area contributed by atoms with Crippen LogP contribution < -0.4 is 10.9 Å². The van der Waals surface area contributed by atoms with Crippen LogP contribution in [0.15, 0.2) is 86.5 Å². The molecule has 2 aromatic heterocycles. The second-order valence-corrected chi connectivity index (χ2v) is 7.52. The van der Waals surface area contributed by atoms with Crippen LogP contribution in [0.4, 0.5) is 5.69 Å². The largest absolute Gasteiger partial charge is 0.422 e. The summed E-state index contributed by atoms with van der Waals surface area (Å²) in [5.74, 6) is -0.526. The van der Waals surface area contributed by atoms with Crippen LogP contribution in [0.25, 0.3) is 32.8 Å². The summed E-state index contributed by atoms with van der Waals surface area (Å²) in [5.41, 5.74) is 1.83. The van der Waals surface area contributed by atoms with E-state index in [1.165, 1.54) is 0 Å². The summed E-state index contributed by atoms with van der Waals surface area (Å²) < 4.78 is 6.16. The SMILES string of the molecule is O=C(Nc1c2ccccc2nc2ccccc12)c1cc2cc(Br)ccc2oc1=O. The molecule has 0 radical (unpaired) electrons. The van der Waals surface area contributed by atoms with Crippen molar-refractivity contribution in [3.8, 4) is 0 Å². The Hall–Kier alpha value is -3.51. The van der Waals surface area contributed by atoms with Crippen LogP contribution in [0.1, 0.15) is 10.4 Å². The van der Waals surface area contributed by atoms with Crippen molar-refractivity contribution in [3.05, 3.63) is 93.3 Å². The number of halogens is 1. The van der Waals surface area contributed by atoms with Gasteiger partial charge in [0, 0.05) is 20.6 Å². The number of pyridine rings is 1. The maximum absolute atomic E-state index is 13.0. The van der Waals surface area contributed by atoms with E-state index in [0.717, 1.165) is 26.3 Å². The van der Waals surface area contributed by atoms with Gasteiger partial charge in [-0.15, -0.1) is 0 Å². The fourth-order valence-electron chi connectivity index (χ4n) is 3.41. The second kappa shape index (κ2) is 6.83. The second-order valence-electron chi connectivity index (χ2n) is 6.60. The fourth-order valence-corrected chi connectivity index (χ4v) is 3.79. The highest BCUT2D eigenvalue weighted by atomic mass is 79.9. The molecule has 5 nitrogen and oxygen atoms in total. The zero-order valence-electron chi connectivity index (χ0n) is 15.0. The zero-order chi connectivity index (χ0) is 20.0. The van der Waals surface area contributed by atoms with E-state index < -0.39 is 11.5 Å². The van der Waals surface area contributed by atoms with Gasteiger partial charge < -0.3 is 9.73 Å². The van der Waals surface area contributed by atoms with E-state index in [-0.39, 0.29) is 5.56 Å². The van der Waals surface area contributed by atoms with Crippen LogP contribution in [0.3, 0.4) is 0 Å². The first kappa shape index (κ1) is 17.6. The highest BCUT2D eigenvalue weighted by Crippen LogP contribution is 2.31. The van der Waals surface area contributed by atoms with Crippen molar-refractivity contribution in [1.82, 2.24) is 4.98 Å². The highest BCUT2D eigenvalue weighted by Gasteiger charge is 2.17. The minimum absolute atomic E-state index is 0.0550. The predicted octanol–water partition coefficient (Wildman–Crippen LogP) is 5.51. The Kier molecular flexibility index (Phi) is 4.14. The molecule has 0 bridgehead atoms. The van der Waals surface area contributed by atoms with Gasteiger partial charge in [-0.1, -0.05) is 52.3 Å². The molecule has 0 saturated carbocycles. The van der Waals surface area contributed by atoms with E-state index in [4.69, 9.17) is 4.42 Å². The summed E-state index contributed by atoms with van der Waals surface area (Å²) in [4.78, 5) is 30.1. The van der Waals surface area contributed by atoms with Crippen LogP contribution >= 0.6 is 15.9 Å². The number of rotatable bonds is 2. The first-order valence-electron chi connectivity index (χ1n) is 8.92. The molecule has 0 aliphatic heterocycles. The third-order valence-corrected chi connectivity index (χ3v) is 5.26. The molecule has 0 spiro atoms. The number of hydrogen-bond donors (Lipinski definition) is 1. The summed E-state index contributed by atoms with van der Waals surface area (Å²) in [5, 5.41) is 5.17. The molecule has 0 unspecified atom stereocenters. The van der Waals surface area contributed by atoms with Crippen molar-refractivity contribution >= 4 is 60.3 Å². The summed E-state index contributed by atoms with van der Waals surface area (Å²) >= 11 is 3.39. The lowest BCUT2D eigenvalue weighted by molar-refractivity contribution is 0.102. The van der Waals surface area contributed by atoms with E-state index in [9.17, 15) is 9.59 Å². The van der Waals surface area contributed by atoms with Crippen LogP contribution in [-0.2, 0) is 0 Å². The summed E-state index contributed by atoms with van der Waals surface area (Å²) in [6, 6.07) is 21.9. The quantitative estimate of drug-likeness (QED) is 0.287. The van der Waals surface area contributed by atoms with Gasteiger partial charge in [-0.05, 0) is 36.4 Å². The lowest BCUT2D eigenvalue weighted by Gasteiger charge is -2.12. The molecule has 0 fully saturated rings. The molecule has 5 aromatic rings. The van der Waals surface area contributed by atoms with Gasteiger partial charge in [-0.3, -0.25) is 4.79 Å². The zero-order valence-corrected chi connectivity index (χ0v) is 16.6. The van der Waals surface area contributed by atoms with E-state index in [0.29, 0.717) is 16.7 Å². The Bertz CT molecular complexity index is 1440. The fraction of sp³-hybridized carbons (Fsp3) is 0. The van der Waals surface area contributed by atoms with E-state index >= 15 is 0 Å².